The molecular formula is C22H19ClN6O2. The highest BCUT2D eigenvalue weighted by Gasteiger charge is 2.08. The van der Waals surface area contributed by atoms with Gasteiger partial charge in [-0.25, -0.2) is 9.48 Å². The number of amides is 2. The average molecular weight is 435 g/mol. The Bertz CT molecular complexity index is 1190. The second-order valence-corrected chi connectivity index (χ2v) is 7.22. The van der Waals surface area contributed by atoms with Crippen molar-refractivity contribution in [1.29, 1.82) is 0 Å². The monoisotopic (exact) mass is 434 g/mol. The summed E-state index contributed by atoms with van der Waals surface area (Å²) in [7, 11) is 0. The number of halogens is 1. The van der Waals surface area contributed by atoms with Crippen LogP contribution in [-0.2, 0) is 0 Å². The third kappa shape index (κ3) is 5.18. The van der Waals surface area contributed by atoms with Gasteiger partial charge >= 0.3 is 6.03 Å². The minimum Gasteiger partial charge on any atom is -0.438 e. The van der Waals surface area contributed by atoms with Gasteiger partial charge in [-0.05, 0) is 74.5 Å². The highest BCUT2D eigenvalue weighted by Crippen LogP contribution is 2.22. The predicted molar refractivity (Wildman–Crippen MR) is 119 cm³/mol. The molecule has 0 atom stereocenters. The fourth-order valence-corrected chi connectivity index (χ4v) is 3.02. The van der Waals surface area contributed by atoms with Crippen molar-refractivity contribution in [2.24, 2.45) is 0 Å². The Kier molecular flexibility index (Phi) is 5.81. The van der Waals surface area contributed by atoms with E-state index in [9.17, 15) is 4.79 Å². The van der Waals surface area contributed by atoms with Crippen LogP contribution in [0.2, 0.25) is 5.02 Å². The number of ether oxygens (including phenoxy) is 1. The number of aromatic nitrogens is 4. The summed E-state index contributed by atoms with van der Waals surface area (Å²) in [5.41, 5.74) is 3.15. The number of carbonyl (C=O) groups excluding carboxylic acids is 1. The summed E-state index contributed by atoms with van der Waals surface area (Å²) < 4.78 is 7.45. The summed E-state index contributed by atoms with van der Waals surface area (Å²) in [6.07, 6.45) is 0. The Labute approximate surface area is 183 Å². The first-order valence-electron chi connectivity index (χ1n) is 9.45. The lowest BCUT2D eigenvalue weighted by molar-refractivity contribution is 0.262. The zero-order valence-corrected chi connectivity index (χ0v) is 17.6. The number of hydrogen-bond acceptors (Lipinski definition) is 5. The first-order valence-corrected chi connectivity index (χ1v) is 9.83. The molecule has 156 valence electrons. The van der Waals surface area contributed by atoms with Crippen molar-refractivity contribution in [1.82, 2.24) is 20.0 Å². The molecule has 0 radical (unpaired) electrons. The van der Waals surface area contributed by atoms with Crippen LogP contribution in [0.25, 0.3) is 5.82 Å². The molecule has 2 aromatic heterocycles. The van der Waals surface area contributed by atoms with Crippen LogP contribution in [0.15, 0.2) is 66.7 Å². The number of anilines is 2. The molecule has 0 aliphatic rings. The molecule has 0 saturated carbocycles. The first kappa shape index (κ1) is 20.4. The second-order valence-electron chi connectivity index (χ2n) is 6.78. The number of urea groups is 1. The Morgan fingerprint density at radius 3 is 2.10 bits per heavy atom. The molecule has 0 spiro atoms. The van der Waals surface area contributed by atoms with Gasteiger partial charge in [0, 0.05) is 28.2 Å². The van der Waals surface area contributed by atoms with Crippen LogP contribution in [0.4, 0.5) is 16.2 Å². The fraction of sp³-hybridized carbons (Fsp3) is 0.0909. The smallest absolute Gasteiger partial charge is 0.323 e. The van der Waals surface area contributed by atoms with Crippen LogP contribution in [-0.4, -0.2) is 26.0 Å². The summed E-state index contributed by atoms with van der Waals surface area (Å²) >= 11 is 5.84. The summed E-state index contributed by atoms with van der Waals surface area (Å²) in [4.78, 5) is 12.1. The maximum atomic E-state index is 12.1. The first-order chi connectivity index (χ1) is 15.0. The highest BCUT2D eigenvalue weighted by molar-refractivity contribution is 6.30. The molecule has 0 fully saturated rings. The lowest BCUT2D eigenvalue weighted by Gasteiger charge is -2.09. The second kappa shape index (κ2) is 8.85. The van der Waals surface area contributed by atoms with Gasteiger partial charge in [-0.1, -0.05) is 11.6 Å². The van der Waals surface area contributed by atoms with Crippen LogP contribution >= 0.6 is 11.6 Å². The largest absolute Gasteiger partial charge is 0.438 e. The number of rotatable bonds is 5. The Morgan fingerprint density at radius 1 is 0.903 bits per heavy atom. The number of benzene rings is 2. The molecule has 0 saturated heterocycles. The molecule has 4 rings (SSSR count). The van der Waals surface area contributed by atoms with E-state index >= 15 is 0 Å². The zero-order chi connectivity index (χ0) is 21.8. The van der Waals surface area contributed by atoms with Gasteiger partial charge in [0.25, 0.3) is 0 Å². The topological polar surface area (TPSA) is 94.0 Å². The number of nitrogens with one attached hydrogen (secondary N) is 2. The number of aryl methyl sites for hydroxylation is 2. The predicted octanol–water partition coefficient (Wildman–Crippen LogP) is 5.37. The van der Waals surface area contributed by atoms with E-state index in [2.05, 4.69) is 25.9 Å². The quantitative estimate of drug-likeness (QED) is 0.440. The van der Waals surface area contributed by atoms with E-state index < -0.39 is 0 Å². The summed E-state index contributed by atoms with van der Waals surface area (Å²) in [6.45, 7) is 3.88. The van der Waals surface area contributed by atoms with Crippen molar-refractivity contribution in [2.45, 2.75) is 13.8 Å². The lowest BCUT2D eigenvalue weighted by atomic mass is 10.3. The number of carbonyl (C=O) groups is 1. The maximum absolute atomic E-state index is 12.1. The van der Waals surface area contributed by atoms with Crippen LogP contribution in [0.3, 0.4) is 0 Å². The molecule has 2 amide bonds. The molecule has 8 nitrogen and oxygen atoms in total. The highest BCUT2D eigenvalue weighted by atomic mass is 35.5. The average Bonchev–Trinajstić information content (AvgIpc) is 3.10. The van der Waals surface area contributed by atoms with Crippen molar-refractivity contribution < 1.29 is 9.53 Å². The number of hydrogen-bond donors (Lipinski definition) is 2. The van der Waals surface area contributed by atoms with Gasteiger partial charge in [0.15, 0.2) is 5.82 Å². The van der Waals surface area contributed by atoms with Crippen molar-refractivity contribution in [3.63, 3.8) is 0 Å². The standard InChI is InChI=1S/C22H19ClN6O2/c1-14-13-15(2)29(28-14)20-11-12-21(27-26-20)31-19-9-7-18(8-10-19)25-22(30)24-17-5-3-16(23)4-6-17/h3-13H,1-2H3,(H2,24,25,30). The third-order valence-electron chi connectivity index (χ3n) is 4.29. The van der Waals surface area contributed by atoms with Crippen molar-refractivity contribution >= 4 is 29.0 Å². The van der Waals surface area contributed by atoms with Gasteiger partial charge in [-0.15, -0.1) is 10.2 Å². The van der Waals surface area contributed by atoms with Gasteiger partial charge in [-0.3, -0.25) is 0 Å². The third-order valence-corrected chi connectivity index (χ3v) is 4.54. The molecular weight excluding hydrogens is 416 g/mol. The molecule has 4 aromatic rings. The Balaban J connectivity index is 1.35. The molecule has 0 bridgehead atoms. The van der Waals surface area contributed by atoms with Gasteiger partial charge in [0.2, 0.25) is 5.88 Å². The summed E-state index contributed by atoms with van der Waals surface area (Å²) in [5.74, 6) is 1.53. The van der Waals surface area contributed by atoms with Gasteiger partial charge in [-0.2, -0.15) is 5.10 Å². The van der Waals surface area contributed by atoms with Crippen LogP contribution in [0, 0.1) is 13.8 Å². The lowest BCUT2D eigenvalue weighted by Crippen LogP contribution is -2.19. The van der Waals surface area contributed by atoms with E-state index in [0.717, 1.165) is 11.4 Å². The van der Waals surface area contributed by atoms with Crippen LogP contribution in [0.1, 0.15) is 11.4 Å². The SMILES string of the molecule is Cc1cc(C)n(-c2ccc(Oc3ccc(NC(=O)Nc4ccc(Cl)cc4)cc3)nn2)n1. The van der Waals surface area contributed by atoms with Crippen molar-refractivity contribution in [3.05, 3.63) is 83.1 Å². The van der Waals surface area contributed by atoms with Crippen LogP contribution in [0.5, 0.6) is 11.6 Å². The van der Waals surface area contributed by atoms with Crippen molar-refractivity contribution in [2.75, 3.05) is 10.6 Å². The van der Waals surface area contributed by atoms with Gasteiger partial charge in [0.1, 0.15) is 5.75 Å². The number of nitrogens with zero attached hydrogens (tertiary/aromatic N) is 4. The fourth-order valence-electron chi connectivity index (χ4n) is 2.89. The summed E-state index contributed by atoms with van der Waals surface area (Å²) in [6, 6.07) is 18.9. The van der Waals surface area contributed by atoms with E-state index in [1.165, 1.54) is 0 Å². The Hall–Kier alpha value is -3.91. The van der Waals surface area contributed by atoms with E-state index in [0.29, 0.717) is 33.8 Å². The zero-order valence-electron chi connectivity index (χ0n) is 16.8. The van der Waals surface area contributed by atoms with E-state index in [-0.39, 0.29) is 6.03 Å². The molecule has 2 heterocycles. The Morgan fingerprint density at radius 2 is 1.55 bits per heavy atom. The molecule has 0 unspecified atom stereocenters. The van der Waals surface area contributed by atoms with Crippen molar-refractivity contribution in [3.8, 4) is 17.4 Å². The van der Waals surface area contributed by atoms with Gasteiger partial charge in [0.05, 0.1) is 5.69 Å². The molecule has 31 heavy (non-hydrogen) atoms. The van der Waals surface area contributed by atoms with E-state index in [1.54, 1.807) is 65.3 Å². The minimum absolute atomic E-state index is 0.353. The summed E-state index contributed by atoms with van der Waals surface area (Å²) in [5, 5.41) is 18.7. The van der Waals surface area contributed by atoms with E-state index in [4.69, 9.17) is 16.3 Å². The van der Waals surface area contributed by atoms with Crippen LogP contribution < -0.4 is 15.4 Å². The molecule has 9 heteroatoms. The molecule has 2 aromatic carbocycles. The normalized spacial score (nSPS) is 10.5. The van der Waals surface area contributed by atoms with Gasteiger partial charge < -0.3 is 15.4 Å². The molecule has 2 N–H and O–H groups in total. The maximum Gasteiger partial charge on any atom is 0.323 e. The molecule has 0 aliphatic heterocycles. The molecule has 0 aliphatic carbocycles. The van der Waals surface area contributed by atoms with E-state index in [1.807, 2.05) is 19.9 Å². The minimum atomic E-state index is -0.360.